The van der Waals surface area contributed by atoms with Crippen molar-refractivity contribution in [2.45, 2.75) is 52.6 Å². The predicted octanol–water partition coefficient (Wildman–Crippen LogP) is 1.21. The summed E-state index contributed by atoms with van der Waals surface area (Å²) in [5, 5.41) is 14.8. The summed E-state index contributed by atoms with van der Waals surface area (Å²) in [5.74, 6) is 1.84. The van der Waals surface area contributed by atoms with Crippen LogP contribution >= 0.6 is 0 Å². The number of hydrogen-bond acceptors (Lipinski definition) is 4. The van der Waals surface area contributed by atoms with Crippen molar-refractivity contribution in [3.05, 3.63) is 12.2 Å². The second-order valence-electron chi connectivity index (χ2n) is 5.31. The molecule has 126 valence electrons. The number of hydrogen-bond donors (Lipinski definition) is 2. The minimum absolute atomic E-state index is 0.221. The third-order valence-electron chi connectivity index (χ3n) is 3.24. The Morgan fingerprint density at radius 2 is 2.27 bits per heavy atom. The molecule has 0 radical (unpaired) electrons. The van der Waals surface area contributed by atoms with Crippen LogP contribution in [-0.2, 0) is 17.7 Å². The van der Waals surface area contributed by atoms with Gasteiger partial charge in [-0.1, -0.05) is 20.3 Å². The standard InChI is InChI=1S/C15H30N6O/c1-5-7-8-16-15(19-13(3)11-22-4)17-9-10-21-12-18-20-14(21)6-2/h12-13H,5-11H2,1-4H3,(H2,16,17,19). The van der Waals surface area contributed by atoms with Gasteiger partial charge in [-0.3, -0.25) is 4.99 Å². The minimum Gasteiger partial charge on any atom is -0.383 e. The molecular weight excluding hydrogens is 280 g/mol. The SMILES string of the molecule is CCCCN=C(NCCn1cnnc1CC)NC(C)COC. The minimum atomic E-state index is 0.221. The quantitative estimate of drug-likeness (QED) is 0.386. The number of aliphatic imine (C=N–C) groups is 1. The van der Waals surface area contributed by atoms with Gasteiger partial charge in [0.2, 0.25) is 0 Å². The lowest BCUT2D eigenvalue weighted by Gasteiger charge is -2.18. The summed E-state index contributed by atoms with van der Waals surface area (Å²) >= 11 is 0. The lowest BCUT2D eigenvalue weighted by atomic mass is 10.3. The Bertz CT molecular complexity index is 431. The van der Waals surface area contributed by atoms with Gasteiger partial charge in [0, 0.05) is 39.2 Å². The molecule has 7 heteroatoms. The van der Waals surface area contributed by atoms with Gasteiger partial charge in [-0.2, -0.15) is 0 Å². The van der Waals surface area contributed by atoms with E-state index in [1.807, 2.05) is 0 Å². The van der Waals surface area contributed by atoms with E-state index in [1.54, 1.807) is 13.4 Å². The summed E-state index contributed by atoms with van der Waals surface area (Å²) in [7, 11) is 1.71. The highest BCUT2D eigenvalue weighted by atomic mass is 16.5. The van der Waals surface area contributed by atoms with Crippen molar-refractivity contribution in [2.24, 2.45) is 4.99 Å². The Morgan fingerprint density at radius 3 is 2.95 bits per heavy atom. The molecule has 1 rings (SSSR count). The van der Waals surface area contributed by atoms with E-state index in [1.165, 1.54) is 0 Å². The second kappa shape index (κ2) is 11.0. The van der Waals surface area contributed by atoms with Crippen LogP contribution in [0.25, 0.3) is 0 Å². The topological polar surface area (TPSA) is 76.4 Å². The number of aromatic nitrogens is 3. The van der Waals surface area contributed by atoms with Gasteiger partial charge in [0.25, 0.3) is 0 Å². The highest BCUT2D eigenvalue weighted by molar-refractivity contribution is 5.80. The van der Waals surface area contributed by atoms with Crippen molar-refractivity contribution >= 4 is 5.96 Å². The van der Waals surface area contributed by atoms with E-state index < -0.39 is 0 Å². The van der Waals surface area contributed by atoms with Crippen molar-refractivity contribution < 1.29 is 4.74 Å². The van der Waals surface area contributed by atoms with Gasteiger partial charge in [0.15, 0.2) is 5.96 Å². The van der Waals surface area contributed by atoms with Crippen molar-refractivity contribution in [2.75, 3.05) is 26.8 Å². The molecule has 0 aliphatic heterocycles. The van der Waals surface area contributed by atoms with Crippen LogP contribution in [0.2, 0.25) is 0 Å². The van der Waals surface area contributed by atoms with Crippen molar-refractivity contribution in [1.29, 1.82) is 0 Å². The molecule has 0 aromatic carbocycles. The van der Waals surface area contributed by atoms with Crippen LogP contribution in [-0.4, -0.2) is 53.6 Å². The largest absolute Gasteiger partial charge is 0.383 e. The number of aryl methyl sites for hydroxylation is 1. The van der Waals surface area contributed by atoms with Gasteiger partial charge in [-0.25, -0.2) is 0 Å². The maximum Gasteiger partial charge on any atom is 0.191 e. The van der Waals surface area contributed by atoms with Gasteiger partial charge in [-0.15, -0.1) is 10.2 Å². The average Bonchev–Trinajstić information content (AvgIpc) is 2.95. The summed E-state index contributed by atoms with van der Waals surface area (Å²) in [6, 6.07) is 0.221. The first-order valence-corrected chi connectivity index (χ1v) is 8.11. The molecule has 0 amide bonds. The van der Waals surface area contributed by atoms with E-state index in [2.05, 4.69) is 51.2 Å². The molecule has 0 spiro atoms. The molecule has 1 heterocycles. The first-order chi connectivity index (χ1) is 10.7. The molecule has 1 aromatic heterocycles. The van der Waals surface area contributed by atoms with Crippen LogP contribution in [0.3, 0.4) is 0 Å². The molecule has 0 fully saturated rings. The van der Waals surface area contributed by atoms with Crippen LogP contribution in [0.5, 0.6) is 0 Å². The van der Waals surface area contributed by atoms with Gasteiger partial charge >= 0.3 is 0 Å². The summed E-state index contributed by atoms with van der Waals surface area (Å²) in [6.45, 7) is 9.42. The molecule has 0 saturated carbocycles. The summed E-state index contributed by atoms with van der Waals surface area (Å²) in [5.41, 5.74) is 0. The maximum atomic E-state index is 5.16. The Kier molecular flexibility index (Phi) is 9.21. The molecule has 0 bridgehead atoms. The molecular formula is C15H30N6O. The number of methoxy groups -OCH3 is 1. The number of rotatable bonds is 10. The van der Waals surface area contributed by atoms with Crippen LogP contribution in [0.1, 0.15) is 39.4 Å². The van der Waals surface area contributed by atoms with Crippen molar-refractivity contribution in [1.82, 2.24) is 25.4 Å². The highest BCUT2D eigenvalue weighted by Gasteiger charge is 2.06. The molecule has 7 nitrogen and oxygen atoms in total. The molecule has 0 aliphatic rings. The molecule has 0 aliphatic carbocycles. The first-order valence-electron chi connectivity index (χ1n) is 8.11. The van der Waals surface area contributed by atoms with Gasteiger partial charge in [-0.05, 0) is 13.3 Å². The van der Waals surface area contributed by atoms with E-state index >= 15 is 0 Å². The fraction of sp³-hybridized carbons (Fsp3) is 0.800. The fourth-order valence-corrected chi connectivity index (χ4v) is 2.06. The van der Waals surface area contributed by atoms with Crippen molar-refractivity contribution in [3.8, 4) is 0 Å². The van der Waals surface area contributed by atoms with Gasteiger partial charge in [0.1, 0.15) is 12.2 Å². The summed E-state index contributed by atoms with van der Waals surface area (Å²) < 4.78 is 7.22. The van der Waals surface area contributed by atoms with E-state index in [-0.39, 0.29) is 6.04 Å². The van der Waals surface area contributed by atoms with Gasteiger partial charge < -0.3 is 19.9 Å². The Morgan fingerprint density at radius 1 is 1.45 bits per heavy atom. The predicted molar refractivity (Wildman–Crippen MR) is 89.1 cm³/mol. The Labute approximate surface area is 133 Å². The van der Waals surface area contributed by atoms with Crippen molar-refractivity contribution in [3.63, 3.8) is 0 Å². The second-order valence-corrected chi connectivity index (χ2v) is 5.31. The number of nitrogens with zero attached hydrogens (tertiary/aromatic N) is 4. The van der Waals surface area contributed by atoms with Crippen LogP contribution in [0, 0.1) is 0 Å². The maximum absolute atomic E-state index is 5.16. The third kappa shape index (κ3) is 6.89. The zero-order valence-electron chi connectivity index (χ0n) is 14.3. The van der Waals surface area contributed by atoms with Crippen LogP contribution in [0.15, 0.2) is 11.3 Å². The first kappa shape index (κ1) is 18.4. The molecule has 1 atom stereocenters. The lowest BCUT2D eigenvalue weighted by molar-refractivity contribution is 0.179. The molecule has 0 saturated heterocycles. The zero-order chi connectivity index (χ0) is 16.2. The van der Waals surface area contributed by atoms with Gasteiger partial charge in [0.05, 0.1) is 6.61 Å². The monoisotopic (exact) mass is 310 g/mol. The number of guanidine groups is 1. The molecule has 22 heavy (non-hydrogen) atoms. The normalized spacial score (nSPS) is 13.2. The van der Waals surface area contributed by atoms with E-state index in [9.17, 15) is 0 Å². The van der Waals surface area contributed by atoms with E-state index in [0.29, 0.717) is 6.61 Å². The Hall–Kier alpha value is -1.63. The smallest absolute Gasteiger partial charge is 0.191 e. The highest BCUT2D eigenvalue weighted by Crippen LogP contribution is 1.95. The third-order valence-corrected chi connectivity index (χ3v) is 3.24. The van der Waals surface area contributed by atoms with E-state index in [0.717, 1.165) is 50.7 Å². The Balaban J connectivity index is 2.47. The lowest BCUT2D eigenvalue weighted by Crippen LogP contribution is -2.45. The number of nitrogens with one attached hydrogen (secondary N) is 2. The fourth-order valence-electron chi connectivity index (χ4n) is 2.06. The zero-order valence-corrected chi connectivity index (χ0v) is 14.3. The van der Waals surface area contributed by atoms with Crippen LogP contribution < -0.4 is 10.6 Å². The van der Waals surface area contributed by atoms with Crippen LogP contribution in [0.4, 0.5) is 0 Å². The molecule has 2 N–H and O–H groups in total. The van der Waals surface area contributed by atoms with E-state index in [4.69, 9.17) is 4.74 Å². The molecule has 1 unspecified atom stereocenters. The average molecular weight is 310 g/mol. The number of unbranched alkanes of at least 4 members (excludes halogenated alkanes) is 1. The summed E-state index contributed by atoms with van der Waals surface area (Å²) in [4.78, 5) is 4.60. The summed E-state index contributed by atoms with van der Waals surface area (Å²) in [6.07, 6.45) is 4.90. The number of ether oxygens (including phenoxy) is 1. The molecule has 1 aromatic rings.